The van der Waals surface area contributed by atoms with E-state index in [4.69, 9.17) is 0 Å². The first-order valence-electron chi connectivity index (χ1n) is 9.76. The van der Waals surface area contributed by atoms with Gasteiger partial charge in [-0.3, -0.25) is 0 Å². The normalized spacial score (nSPS) is 35.6. The third-order valence-electron chi connectivity index (χ3n) is 7.22. The summed E-state index contributed by atoms with van der Waals surface area (Å²) in [6, 6.07) is 11.8. The first kappa shape index (κ1) is 16.4. The van der Waals surface area contributed by atoms with Crippen molar-refractivity contribution in [2.24, 2.45) is 17.8 Å². The number of allylic oxidation sites excluding steroid dienone is 1. The summed E-state index contributed by atoms with van der Waals surface area (Å²) in [5, 5.41) is 0. The average molecular weight is 341 g/mol. The second kappa shape index (κ2) is 6.03. The molecule has 2 aliphatic carbocycles. The van der Waals surface area contributed by atoms with Crippen molar-refractivity contribution in [3.8, 4) is 0 Å². The summed E-state index contributed by atoms with van der Waals surface area (Å²) in [5.41, 5.74) is 3.71. The monoisotopic (exact) mass is 340 g/mol. The molecule has 3 heteroatoms. The topological polar surface area (TPSA) is 15.3 Å². The standard InChI is InChI=1S/C21H32N2Si/c1-15-14-19-17-12-8-9-13-18(17)21(24(3,4)22-2)20(19)23(15)16-10-6-5-7-11-16/h5-7,10-11,14,17-22H,8-9,12-13H2,1-4H3. The van der Waals surface area contributed by atoms with Gasteiger partial charge in [-0.1, -0.05) is 56.6 Å². The van der Waals surface area contributed by atoms with Crippen LogP contribution in [0.2, 0.25) is 18.6 Å². The van der Waals surface area contributed by atoms with Crippen molar-refractivity contribution in [2.75, 3.05) is 11.9 Å². The molecule has 5 atom stereocenters. The van der Waals surface area contributed by atoms with Gasteiger partial charge in [0.1, 0.15) is 8.24 Å². The third kappa shape index (κ3) is 2.40. The van der Waals surface area contributed by atoms with Crippen LogP contribution in [0, 0.1) is 17.8 Å². The average Bonchev–Trinajstić information content (AvgIpc) is 3.08. The first-order valence-corrected chi connectivity index (χ1v) is 12.8. The molecule has 0 amide bonds. The van der Waals surface area contributed by atoms with Gasteiger partial charge in [-0.05, 0) is 49.9 Å². The molecule has 1 N–H and O–H groups in total. The molecule has 0 bridgehead atoms. The van der Waals surface area contributed by atoms with Crippen LogP contribution in [0.1, 0.15) is 32.6 Å². The number of hydrogen-bond donors (Lipinski definition) is 1. The Morgan fingerprint density at radius 1 is 1.04 bits per heavy atom. The fourth-order valence-corrected chi connectivity index (χ4v) is 9.14. The zero-order chi connectivity index (χ0) is 16.9. The number of benzene rings is 1. The molecule has 0 saturated heterocycles. The maximum atomic E-state index is 3.80. The molecule has 24 heavy (non-hydrogen) atoms. The Hall–Kier alpha value is -1.06. The molecule has 2 fully saturated rings. The fraction of sp³-hybridized carbons (Fsp3) is 0.619. The summed E-state index contributed by atoms with van der Waals surface area (Å²) in [7, 11) is 0.740. The minimum absolute atomic E-state index is 0.676. The Balaban J connectivity index is 1.78. The van der Waals surface area contributed by atoms with E-state index in [0.717, 1.165) is 23.3 Å². The molecular formula is C21H32N2Si. The highest BCUT2D eigenvalue weighted by atomic mass is 28.3. The van der Waals surface area contributed by atoms with E-state index in [0.29, 0.717) is 6.04 Å². The number of anilines is 1. The second-order valence-corrected chi connectivity index (χ2v) is 13.3. The Morgan fingerprint density at radius 3 is 2.38 bits per heavy atom. The molecule has 1 aliphatic heterocycles. The van der Waals surface area contributed by atoms with Crippen LogP contribution in [-0.4, -0.2) is 21.3 Å². The van der Waals surface area contributed by atoms with Crippen molar-refractivity contribution in [1.82, 2.24) is 4.98 Å². The number of hydrogen-bond acceptors (Lipinski definition) is 2. The molecule has 5 unspecified atom stereocenters. The van der Waals surface area contributed by atoms with Crippen LogP contribution in [-0.2, 0) is 0 Å². The van der Waals surface area contributed by atoms with E-state index < -0.39 is 8.24 Å². The molecule has 0 spiro atoms. The summed E-state index contributed by atoms with van der Waals surface area (Å²) < 4.78 is 0. The lowest BCUT2D eigenvalue weighted by Gasteiger charge is -2.43. The molecule has 0 radical (unpaired) electrons. The smallest absolute Gasteiger partial charge is 0.124 e. The van der Waals surface area contributed by atoms with Gasteiger partial charge in [0, 0.05) is 23.3 Å². The predicted molar refractivity (Wildman–Crippen MR) is 106 cm³/mol. The summed E-state index contributed by atoms with van der Waals surface area (Å²) in [5.74, 6) is 2.61. The van der Waals surface area contributed by atoms with Gasteiger partial charge in [0.25, 0.3) is 0 Å². The molecule has 2 saturated carbocycles. The van der Waals surface area contributed by atoms with Crippen molar-refractivity contribution < 1.29 is 0 Å². The maximum absolute atomic E-state index is 3.80. The molecule has 2 nitrogen and oxygen atoms in total. The summed E-state index contributed by atoms with van der Waals surface area (Å²) in [4.78, 5) is 6.50. The lowest BCUT2D eigenvalue weighted by Crippen LogP contribution is -2.54. The minimum Gasteiger partial charge on any atom is -0.342 e. The zero-order valence-corrected chi connectivity index (χ0v) is 16.6. The Labute approximate surface area is 148 Å². The van der Waals surface area contributed by atoms with E-state index in [1.807, 2.05) is 0 Å². The van der Waals surface area contributed by atoms with E-state index in [2.05, 4.69) is 73.4 Å². The van der Waals surface area contributed by atoms with Gasteiger partial charge in [-0.25, -0.2) is 0 Å². The van der Waals surface area contributed by atoms with Gasteiger partial charge in [0.05, 0.1) is 0 Å². The van der Waals surface area contributed by atoms with Gasteiger partial charge in [0.15, 0.2) is 0 Å². The molecule has 130 valence electrons. The molecular weight excluding hydrogens is 308 g/mol. The quantitative estimate of drug-likeness (QED) is 0.778. The molecule has 4 rings (SSSR count). The number of nitrogens with zero attached hydrogens (tertiary/aromatic N) is 1. The highest BCUT2D eigenvalue weighted by Gasteiger charge is 2.59. The summed E-state index contributed by atoms with van der Waals surface area (Å²) in [6.07, 6.45) is 8.41. The number of fused-ring (bicyclic) bond motifs is 3. The van der Waals surface area contributed by atoms with Crippen molar-refractivity contribution in [3.63, 3.8) is 0 Å². The van der Waals surface area contributed by atoms with Crippen molar-refractivity contribution in [2.45, 2.75) is 57.3 Å². The van der Waals surface area contributed by atoms with Crippen LogP contribution in [0.25, 0.3) is 0 Å². The zero-order valence-electron chi connectivity index (χ0n) is 15.6. The number of rotatable bonds is 3. The van der Waals surface area contributed by atoms with Crippen LogP contribution in [0.5, 0.6) is 0 Å². The minimum atomic E-state index is -1.47. The Kier molecular flexibility index (Phi) is 4.12. The second-order valence-electron chi connectivity index (χ2n) is 8.69. The van der Waals surface area contributed by atoms with Crippen LogP contribution >= 0.6 is 0 Å². The van der Waals surface area contributed by atoms with Crippen molar-refractivity contribution in [3.05, 3.63) is 42.1 Å². The molecule has 1 aromatic rings. The van der Waals surface area contributed by atoms with Crippen LogP contribution in [0.4, 0.5) is 5.69 Å². The van der Waals surface area contributed by atoms with E-state index in [-0.39, 0.29) is 0 Å². The number of para-hydroxylation sites is 1. The largest absolute Gasteiger partial charge is 0.342 e. The molecule has 1 aromatic carbocycles. The maximum Gasteiger partial charge on any atom is 0.124 e. The van der Waals surface area contributed by atoms with Crippen LogP contribution < -0.4 is 9.88 Å². The molecule has 1 heterocycles. The van der Waals surface area contributed by atoms with Gasteiger partial charge in [-0.2, -0.15) is 0 Å². The highest BCUT2D eigenvalue weighted by molar-refractivity contribution is 6.76. The molecule has 3 aliphatic rings. The fourth-order valence-electron chi connectivity index (χ4n) is 6.10. The molecule has 0 aromatic heterocycles. The summed E-state index contributed by atoms with van der Waals surface area (Å²) in [6.45, 7) is 7.44. The van der Waals surface area contributed by atoms with Crippen LogP contribution in [0.3, 0.4) is 0 Å². The SMILES string of the molecule is CN[Si](C)(C)C1C2CCCCC2C2C=C(C)N(c3ccccc3)C21. The van der Waals surface area contributed by atoms with Gasteiger partial charge in [0.2, 0.25) is 0 Å². The van der Waals surface area contributed by atoms with E-state index in [1.165, 1.54) is 37.1 Å². The highest BCUT2D eigenvalue weighted by Crippen LogP contribution is 2.60. The van der Waals surface area contributed by atoms with Crippen LogP contribution in [0.15, 0.2) is 42.1 Å². The summed E-state index contributed by atoms with van der Waals surface area (Å²) >= 11 is 0. The van der Waals surface area contributed by atoms with E-state index in [9.17, 15) is 0 Å². The lowest BCUT2D eigenvalue weighted by atomic mass is 9.78. The van der Waals surface area contributed by atoms with Crippen molar-refractivity contribution in [1.29, 1.82) is 0 Å². The van der Waals surface area contributed by atoms with Gasteiger partial charge in [-0.15, -0.1) is 0 Å². The predicted octanol–water partition coefficient (Wildman–Crippen LogP) is 5.01. The Morgan fingerprint density at radius 2 is 1.71 bits per heavy atom. The van der Waals surface area contributed by atoms with Crippen molar-refractivity contribution >= 4 is 13.9 Å². The number of nitrogens with one attached hydrogen (secondary N) is 1. The van der Waals surface area contributed by atoms with E-state index >= 15 is 0 Å². The Bertz CT molecular complexity index is 624. The third-order valence-corrected chi connectivity index (χ3v) is 10.9. The van der Waals surface area contributed by atoms with Gasteiger partial charge < -0.3 is 9.88 Å². The van der Waals surface area contributed by atoms with E-state index in [1.54, 1.807) is 0 Å². The van der Waals surface area contributed by atoms with Gasteiger partial charge >= 0.3 is 0 Å². The lowest BCUT2D eigenvalue weighted by molar-refractivity contribution is 0.248. The first-order chi connectivity index (χ1) is 11.5.